The highest BCUT2D eigenvalue weighted by Crippen LogP contribution is 2.44. The highest BCUT2D eigenvalue weighted by atomic mass is 16.5. The first-order chi connectivity index (χ1) is 20.9. The number of amides is 2. The molecule has 220 valence electrons. The van der Waals surface area contributed by atoms with Crippen LogP contribution in [0.4, 0.5) is 4.79 Å². The van der Waals surface area contributed by atoms with E-state index in [2.05, 4.69) is 17.4 Å². The molecule has 1 aliphatic carbocycles. The van der Waals surface area contributed by atoms with E-state index in [-0.39, 0.29) is 25.6 Å². The number of aliphatic carboxylic acids is 1. The predicted molar refractivity (Wildman–Crippen MR) is 164 cm³/mol. The van der Waals surface area contributed by atoms with Crippen molar-refractivity contribution in [2.45, 2.75) is 25.0 Å². The molecule has 0 heterocycles. The number of nitrogens with zero attached hydrogens (tertiary/aromatic N) is 2. The van der Waals surface area contributed by atoms with Gasteiger partial charge in [0.25, 0.3) is 0 Å². The molecule has 5 rings (SSSR count). The number of carboxylic acids is 1. The quantitative estimate of drug-likeness (QED) is 0.242. The molecule has 0 aromatic heterocycles. The van der Waals surface area contributed by atoms with E-state index in [1.165, 1.54) is 4.90 Å². The van der Waals surface area contributed by atoms with E-state index in [9.17, 15) is 19.5 Å². The molecule has 43 heavy (non-hydrogen) atoms. The summed E-state index contributed by atoms with van der Waals surface area (Å²) >= 11 is 0. The van der Waals surface area contributed by atoms with Crippen LogP contribution >= 0.6 is 0 Å². The summed E-state index contributed by atoms with van der Waals surface area (Å²) in [6, 6.07) is 34.1. The Labute approximate surface area is 251 Å². The van der Waals surface area contributed by atoms with Crippen molar-refractivity contribution in [3.8, 4) is 11.1 Å². The van der Waals surface area contributed by atoms with Crippen LogP contribution in [0.3, 0.4) is 0 Å². The van der Waals surface area contributed by atoms with E-state index in [0.717, 1.165) is 33.4 Å². The number of ether oxygens (including phenoxy) is 1. The lowest BCUT2D eigenvalue weighted by Crippen LogP contribution is -2.54. The second-order valence-corrected chi connectivity index (χ2v) is 10.8. The molecule has 0 aliphatic heterocycles. The molecule has 1 unspecified atom stereocenters. The maximum absolute atomic E-state index is 13.9. The number of carbonyl (C=O) groups is 3. The molecule has 0 saturated carbocycles. The lowest BCUT2D eigenvalue weighted by Gasteiger charge is -2.29. The zero-order chi connectivity index (χ0) is 30.2. The number of hydrogen-bond donors (Lipinski definition) is 2. The molecular formula is C35H35N3O5. The Kier molecular flexibility index (Phi) is 9.49. The van der Waals surface area contributed by atoms with Gasteiger partial charge in [-0.25, -0.2) is 4.79 Å². The molecule has 4 aromatic rings. The average Bonchev–Trinajstić information content (AvgIpc) is 3.33. The van der Waals surface area contributed by atoms with Gasteiger partial charge in [-0.2, -0.15) is 0 Å². The fourth-order valence-electron chi connectivity index (χ4n) is 5.64. The SMILES string of the molecule is CN(Cc1ccccc1)CC(NC(=O)OCC1c2ccccc2-c2ccccc21)C(=O)N(CC(=O)O)Cc1ccccc1. The molecule has 0 spiro atoms. The first-order valence-corrected chi connectivity index (χ1v) is 14.3. The summed E-state index contributed by atoms with van der Waals surface area (Å²) in [5.41, 5.74) is 6.24. The Balaban J connectivity index is 1.32. The summed E-state index contributed by atoms with van der Waals surface area (Å²) in [6.07, 6.45) is -0.733. The topological polar surface area (TPSA) is 99.2 Å². The van der Waals surface area contributed by atoms with Gasteiger partial charge < -0.3 is 20.1 Å². The van der Waals surface area contributed by atoms with Gasteiger partial charge in [0.05, 0.1) is 0 Å². The van der Waals surface area contributed by atoms with Crippen LogP contribution in [0, 0.1) is 0 Å². The van der Waals surface area contributed by atoms with E-state index >= 15 is 0 Å². The molecule has 0 radical (unpaired) electrons. The van der Waals surface area contributed by atoms with Crippen LogP contribution in [0.15, 0.2) is 109 Å². The van der Waals surface area contributed by atoms with Gasteiger partial charge in [-0.3, -0.25) is 14.5 Å². The van der Waals surface area contributed by atoms with Crippen molar-refractivity contribution in [3.05, 3.63) is 131 Å². The highest BCUT2D eigenvalue weighted by Gasteiger charge is 2.32. The van der Waals surface area contributed by atoms with Gasteiger partial charge in [-0.15, -0.1) is 0 Å². The first kappa shape index (κ1) is 29.5. The van der Waals surface area contributed by atoms with Crippen molar-refractivity contribution < 1.29 is 24.2 Å². The normalized spacial score (nSPS) is 12.7. The molecule has 2 amide bonds. The molecule has 8 heteroatoms. The van der Waals surface area contributed by atoms with E-state index in [1.54, 1.807) is 0 Å². The third-order valence-corrected chi connectivity index (χ3v) is 7.58. The van der Waals surface area contributed by atoms with Crippen molar-refractivity contribution in [1.29, 1.82) is 0 Å². The maximum Gasteiger partial charge on any atom is 0.407 e. The van der Waals surface area contributed by atoms with E-state index in [4.69, 9.17) is 4.74 Å². The van der Waals surface area contributed by atoms with E-state index in [0.29, 0.717) is 6.54 Å². The number of fused-ring (bicyclic) bond motifs is 3. The van der Waals surface area contributed by atoms with Crippen molar-refractivity contribution in [3.63, 3.8) is 0 Å². The van der Waals surface area contributed by atoms with Gasteiger partial charge in [-0.05, 0) is 40.4 Å². The minimum atomic E-state index is -1.14. The van der Waals surface area contributed by atoms with Crippen molar-refractivity contribution in [2.24, 2.45) is 0 Å². The number of rotatable bonds is 12. The number of carbonyl (C=O) groups excluding carboxylic acids is 2. The molecule has 4 aromatic carbocycles. The largest absolute Gasteiger partial charge is 0.480 e. The Morgan fingerprint density at radius 2 is 1.28 bits per heavy atom. The lowest BCUT2D eigenvalue weighted by atomic mass is 9.98. The zero-order valence-corrected chi connectivity index (χ0v) is 24.1. The Bertz CT molecular complexity index is 1510. The Morgan fingerprint density at radius 3 is 1.84 bits per heavy atom. The number of alkyl carbamates (subject to hydrolysis) is 1. The van der Waals surface area contributed by atoms with E-state index in [1.807, 2.05) is 109 Å². The molecule has 0 bridgehead atoms. The van der Waals surface area contributed by atoms with Crippen LogP contribution in [-0.4, -0.2) is 65.7 Å². The molecular weight excluding hydrogens is 542 g/mol. The maximum atomic E-state index is 13.9. The zero-order valence-electron chi connectivity index (χ0n) is 24.1. The number of carboxylic acid groups (broad SMARTS) is 1. The Morgan fingerprint density at radius 1 is 0.767 bits per heavy atom. The molecule has 1 atom stereocenters. The fourth-order valence-corrected chi connectivity index (χ4v) is 5.64. The van der Waals surface area contributed by atoms with Gasteiger partial charge in [-0.1, -0.05) is 109 Å². The minimum absolute atomic E-state index is 0.0945. The minimum Gasteiger partial charge on any atom is -0.480 e. The number of benzene rings is 4. The number of nitrogens with one attached hydrogen (secondary N) is 1. The molecule has 8 nitrogen and oxygen atoms in total. The number of hydrogen-bond acceptors (Lipinski definition) is 5. The molecule has 0 saturated heterocycles. The van der Waals surface area contributed by atoms with Gasteiger partial charge in [0.2, 0.25) is 5.91 Å². The second-order valence-electron chi connectivity index (χ2n) is 10.8. The van der Waals surface area contributed by atoms with Crippen molar-refractivity contribution in [1.82, 2.24) is 15.1 Å². The summed E-state index contributed by atoms with van der Waals surface area (Å²) in [5, 5.41) is 12.4. The van der Waals surface area contributed by atoms with Gasteiger partial charge >= 0.3 is 12.1 Å². The third kappa shape index (κ3) is 7.47. The summed E-state index contributed by atoms with van der Waals surface area (Å²) in [5.74, 6) is -1.77. The van der Waals surface area contributed by atoms with Crippen LogP contribution in [-0.2, 0) is 27.4 Å². The van der Waals surface area contributed by atoms with Crippen molar-refractivity contribution >= 4 is 18.0 Å². The fraction of sp³-hybridized carbons (Fsp3) is 0.229. The van der Waals surface area contributed by atoms with Crippen LogP contribution in [0.2, 0.25) is 0 Å². The van der Waals surface area contributed by atoms with Crippen LogP contribution in [0.1, 0.15) is 28.2 Å². The lowest BCUT2D eigenvalue weighted by molar-refractivity contribution is -0.146. The van der Waals surface area contributed by atoms with Gasteiger partial charge in [0.15, 0.2) is 0 Å². The summed E-state index contributed by atoms with van der Waals surface area (Å²) in [4.78, 5) is 42.0. The molecule has 0 fully saturated rings. The predicted octanol–water partition coefficient (Wildman–Crippen LogP) is 5.14. The summed E-state index contributed by atoms with van der Waals surface area (Å²) < 4.78 is 5.74. The van der Waals surface area contributed by atoms with Crippen LogP contribution in [0.25, 0.3) is 11.1 Å². The van der Waals surface area contributed by atoms with Crippen molar-refractivity contribution in [2.75, 3.05) is 26.7 Å². The standard InChI is InChI=1S/C35H35N3O5/c1-37(20-25-12-4-2-5-13-25)22-32(34(41)38(23-33(39)40)21-26-14-6-3-7-15-26)36-35(42)43-24-31-29-18-10-8-16-27(29)28-17-9-11-19-30(28)31/h2-19,31-32H,20-24H2,1H3,(H,36,42)(H,39,40). The van der Waals surface area contributed by atoms with Gasteiger partial charge in [0.1, 0.15) is 19.2 Å². The van der Waals surface area contributed by atoms with Crippen LogP contribution < -0.4 is 5.32 Å². The summed E-state index contributed by atoms with van der Waals surface area (Å²) in [6.45, 7) is 0.386. The van der Waals surface area contributed by atoms with Gasteiger partial charge in [0, 0.05) is 25.6 Å². The molecule has 1 aliphatic rings. The monoisotopic (exact) mass is 577 g/mol. The molecule has 2 N–H and O–H groups in total. The van der Waals surface area contributed by atoms with Crippen LogP contribution in [0.5, 0.6) is 0 Å². The summed E-state index contributed by atoms with van der Waals surface area (Å²) in [7, 11) is 1.85. The third-order valence-electron chi connectivity index (χ3n) is 7.58. The van der Waals surface area contributed by atoms with E-state index < -0.39 is 30.6 Å². The second kappa shape index (κ2) is 13.8. The highest BCUT2D eigenvalue weighted by molar-refractivity contribution is 5.88. The Hall–Kier alpha value is -4.95. The first-order valence-electron chi connectivity index (χ1n) is 14.3. The smallest absolute Gasteiger partial charge is 0.407 e. The average molecular weight is 578 g/mol. The number of likely N-dealkylation sites (N-methyl/N-ethyl adjacent to an activating group) is 1.